The Morgan fingerprint density at radius 2 is 2.27 bits per heavy atom. The van der Waals surface area contributed by atoms with Crippen LogP contribution >= 0.6 is 11.5 Å². The molecule has 1 aromatic heterocycles. The second-order valence-corrected chi connectivity index (χ2v) is 4.88. The van der Waals surface area contributed by atoms with Crippen molar-refractivity contribution in [3.8, 4) is 0 Å². The summed E-state index contributed by atoms with van der Waals surface area (Å²) in [6, 6.07) is 0.441. The minimum Gasteiger partial charge on any atom is -0.309 e. The van der Waals surface area contributed by atoms with E-state index in [2.05, 4.69) is 35.7 Å². The Kier molecular flexibility index (Phi) is 5.79. The molecule has 2 atom stereocenters. The van der Waals surface area contributed by atoms with E-state index in [0.717, 1.165) is 12.5 Å². The first-order valence-corrected chi connectivity index (χ1v) is 6.55. The van der Waals surface area contributed by atoms with E-state index in [0.29, 0.717) is 6.04 Å². The molecule has 4 heteroatoms. The lowest BCUT2D eigenvalue weighted by Crippen LogP contribution is -2.22. The summed E-state index contributed by atoms with van der Waals surface area (Å²) in [5, 5.41) is 7.41. The van der Waals surface area contributed by atoms with Crippen LogP contribution in [0.25, 0.3) is 0 Å². The van der Waals surface area contributed by atoms with E-state index >= 15 is 0 Å². The van der Waals surface area contributed by atoms with E-state index in [1.165, 1.54) is 35.7 Å². The Bertz CT molecular complexity index is 248. The summed E-state index contributed by atoms with van der Waals surface area (Å²) in [4.78, 5) is 1.26. The summed E-state index contributed by atoms with van der Waals surface area (Å²) in [6.45, 7) is 7.71. The molecule has 0 saturated carbocycles. The van der Waals surface area contributed by atoms with Crippen LogP contribution in [0.2, 0.25) is 0 Å². The highest BCUT2D eigenvalue weighted by Gasteiger charge is 2.15. The molecule has 1 aromatic rings. The Balaban J connectivity index is 2.51. The van der Waals surface area contributed by atoms with Crippen molar-refractivity contribution in [2.75, 3.05) is 6.54 Å². The molecule has 1 N–H and O–H groups in total. The first kappa shape index (κ1) is 12.6. The van der Waals surface area contributed by atoms with Gasteiger partial charge in [-0.05, 0) is 30.4 Å². The van der Waals surface area contributed by atoms with E-state index in [-0.39, 0.29) is 0 Å². The molecule has 0 amide bonds. The maximum absolute atomic E-state index is 3.93. The van der Waals surface area contributed by atoms with Gasteiger partial charge in [0.1, 0.15) is 0 Å². The van der Waals surface area contributed by atoms with Crippen molar-refractivity contribution >= 4 is 11.5 Å². The van der Waals surface area contributed by atoms with Crippen molar-refractivity contribution in [2.45, 2.75) is 46.1 Å². The Morgan fingerprint density at radius 3 is 2.80 bits per heavy atom. The van der Waals surface area contributed by atoms with Crippen LogP contribution in [-0.4, -0.2) is 16.1 Å². The lowest BCUT2D eigenvalue weighted by atomic mass is 9.96. The third-order valence-corrected chi connectivity index (χ3v) is 3.37. The van der Waals surface area contributed by atoms with Gasteiger partial charge in [0.2, 0.25) is 0 Å². The highest BCUT2D eigenvalue weighted by Crippen LogP contribution is 2.25. The van der Waals surface area contributed by atoms with Crippen molar-refractivity contribution in [3.05, 3.63) is 11.1 Å². The number of nitrogens with zero attached hydrogens (tertiary/aromatic N) is 2. The predicted octanol–water partition coefficient (Wildman–Crippen LogP) is 3.02. The topological polar surface area (TPSA) is 37.8 Å². The molecule has 0 saturated heterocycles. The highest BCUT2D eigenvalue weighted by atomic mass is 32.1. The van der Waals surface area contributed by atoms with Gasteiger partial charge in [-0.3, -0.25) is 0 Å². The minimum atomic E-state index is 0.441. The molecule has 2 unspecified atom stereocenters. The number of rotatable bonds is 7. The summed E-state index contributed by atoms with van der Waals surface area (Å²) < 4.78 is 3.93. The number of aromatic nitrogens is 2. The smallest absolute Gasteiger partial charge is 0.0669 e. The van der Waals surface area contributed by atoms with Gasteiger partial charge in [-0.1, -0.05) is 38.1 Å². The molecule has 0 aliphatic heterocycles. The highest BCUT2D eigenvalue weighted by molar-refractivity contribution is 7.05. The Morgan fingerprint density at radius 1 is 1.47 bits per heavy atom. The van der Waals surface area contributed by atoms with Crippen LogP contribution < -0.4 is 5.32 Å². The minimum absolute atomic E-state index is 0.441. The van der Waals surface area contributed by atoms with Gasteiger partial charge in [0.05, 0.1) is 11.1 Å². The van der Waals surface area contributed by atoms with Crippen LogP contribution in [0.3, 0.4) is 0 Å². The third-order valence-electron chi connectivity index (χ3n) is 2.59. The average Bonchev–Trinajstić information content (AvgIpc) is 2.70. The lowest BCUT2D eigenvalue weighted by molar-refractivity contribution is 0.398. The van der Waals surface area contributed by atoms with Crippen LogP contribution in [0.5, 0.6) is 0 Å². The zero-order valence-electron chi connectivity index (χ0n) is 9.86. The van der Waals surface area contributed by atoms with Gasteiger partial charge >= 0.3 is 0 Å². The fourth-order valence-electron chi connectivity index (χ4n) is 1.89. The average molecular weight is 227 g/mol. The molecule has 15 heavy (non-hydrogen) atoms. The van der Waals surface area contributed by atoms with Crippen molar-refractivity contribution in [3.63, 3.8) is 0 Å². The fraction of sp³-hybridized carbons (Fsp3) is 0.818. The van der Waals surface area contributed by atoms with Gasteiger partial charge in [-0.25, -0.2) is 0 Å². The van der Waals surface area contributed by atoms with Crippen LogP contribution in [0.1, 0.15) is 51.0 Å². The van der Waals surface area contributed by atoms with Crippen molar-refractivity contribution in [2.24, 2.45) is 5.92 Å². The molecule has 1 rings (SSSR count). The molecule has 0 spiro atoms. The van der Waals surface area contributed by atoms with E-state index < -0.39 is 0 Å². The molecule has 0 fully saturated rings. The van der Waals surface area contributed by atoms with Crippen molar-refractivity contribution < 1.29 is 0 Å². The van der Waals surface area contributed by atoms with Crippen LogP contribution in [0.15, 0.2) is 6.20 Å². The van der Waals surface area contributed by atoms with Gasteiger partial charge in [0.15, 0.2) is 0 Å². The number of hydrogen-bond acceptors (Lipinski definition) is 4. The fourth-order valence-corrected chi connectivity index (χ4v) is 2.48. The monoisotopic (exact) mass is 227 g/mol. The van der Waals surface area contributed by atoms with Gasteiger partial charge in [0, 0.05) is 6.04 Å². The molecule has 86 valence electrons. The molecule has 0 radical (unpaired) electrons. The molecule has 0 aliphatic carbocycles. The molecule has 0 aromatic carbocycles. The van der Waals surface area contributed by atoms with Gasteiger partial charge < -0.3 is 5.32 Å². The predicted molar refractivity (Wildman–Crippen MR) is 65.0 cm³/mol. The van der Waals surface area contributed by atoms with Gasteiger partial charge in [0.25, 0.3) is 0 Å². The summed E-state index contributed by atoms with van der Waals surface area (Å²) >= 11 is 1.51. The Labute approximate surface area is 96.5 Å². The maximum Gasteiger partial charge on any atom is 0.0669 e. The van der Waals surface area contributed by atoms with E-state index in [1.54, 1.807) is 0 Å². The summed E-state index contributed by atoms with van der Waals surface area (Å²) in [7, 11) is 0. The SMILES string of the molecule is CCCC(C)CC(NCC)c1cnns1. The number of hydrogen-bond donors (Lipinski definition) is 1. The second kappa shape index (κ2) is 6.90. The first-order chi connectivity index (χ1) is 7.27. The molecule has 3 nitrogen and oxygen atoms in total. The molecular formula is C11H21N3S. The van der Waals surface area contributed by atoms with E-state index in [1.807, 2.05) is 6.20 Å². The van der Waals surface area contributed by atoms with Crippen molar-refractivity contribution in [1.29, 1.82) is 0 Å². The normalized spacial score (nSPS) is 15.1. The standard InChI is InChI=1S/C11H21N3S/c1-4-6-9(3)7-10(12-5-2)11-8-13-14-15-11/h8-10,12H,4-7H2,1-3H3. The van der Waals surface area contributed by atoms with Gasteiger partial charge in [-0.15, -0.1) is 5.10 Å². The van der Waals surface area contributed by atoms with Crippen LogP contribution in [0.4, 0.5) is 0 Å². The summed E-state index contributed by atoms with van der Waals surface area (Å²) in [6.07, 6.45) is 5.64. The quantitative estimate of drug-likeness (QED) is 0.778. The second-order valence-electron chi connectivity index (χ2n) is 4.06. The zero-order chi connectivity index (χ0) is 11.1. The molecule has 0 aliphatic rings. The number of nitrogens with one attached hydrogen (secondary N) is 1. The van der Waals surface area contributed by atoms with Gasteiger partial charge in [-0.2, -0.15) is 0 Å². The maximum atomic E-state index is 3.93. The molecule has 1 heterocycles. The molecule has 0 bridgehead atoms. The first-order valence-electron chi connectivity index (χ1n) is 5.78. The van der Waals surface area contributed by atoms with E-state index in [9.17, 15) is 0 Å². The van der Waals surface area contributed by atoms with Crippen LogP contribution in [-0.2, 0) is 0 Å². The Hall–Kier alpha value is -0.480. The van der Waals surface area contributed by atoms with E-state index in [4.69, 9.17) is 0 Å². The molecular weight excluding hydrogens is 206 g/mol. The van der Waals surface area contributed by atoms with Crippen LogP contribution in [0, 0.1) is 5.92 Å². The summed E-state index contributed by atoms with van der Waals surface area (Å²) in [5.41, 5.74) is 0. The summed E-state index contributed by atoms with van der Waals surface area (Å²) in [5.74, 6) is 0.765. The zero-order valence-corrected chi connectivity index (χ0v) is 10.7. The van der Waals surface area contributed by atoms with Crippen molar-refractivity contribution in [1.82, 2.24) is 14.9 Å². The largest absolute Gasteiger partial charge is 0.309 e. The third kappa shape index (κ3) is 4.26. The lowest BCUT2D eigenvalue weighted by Gasteiger charge is -2.19.